The number of hydrogen-bond acceptors (Lipinski definition) is 4. The molecule has 1 saturated carbocycles. The molecule has 5 heteroatoms. The SMILES string of the molecule is C[C@H](CO)OC1CCCCC1CCCNC(=O)OC(C)(C)C. The van der Waals surface area contributed by atoms with Crippen LogP contribution in [-0.2, 0) is 9.47 Å². The van der Waals surface area contributed by atoms with Gasteiger partial charge in [-0.1, -0.05) is 12.8 Å². The van der Waals surface area contributed by atoms with Crippen molar-refractivity contribution in [2.45, 2.75) is 84.0 Å². The summed E-state index contributed by atoms with van der Waals surface area (Å²) < 4.78 is 11.2. The Bertz CT molecular complexity index is 327. The van der Waals surface area contributed by atoms with Crippen molar-refractivity contribution in [1.29, 1.82) is 0 Å². The molecular formula is C17H33NO4. The van der Waals surface area contributed by atoms with Crippen LogP contribution >= 0.6 is 0 Å². The average Bonchev–Trinajstić information content (AvgIpc) is 2.43. The third-order valence-electron chi connectivity index (χ3n) is 3.92. The standard InChI is InChI=1S/C17H33NO4/c1-13(12-19)21-15-10-6-5-8-14(15)9-7-11-18-16(20)22-17(2,3)4/h13-15,19H,5-12H2,1-4H3,(H,18,20)/t13-,14?,15?/m1/s1. The molecule has 130 valence electrons. The second kappa shape index (κ2) is 9.36. The monoisotopic (exact) mass is 315 g/mol. The molecule has 2 N–H and O–H groups in total. The van der Waals surface area contributed by atoms with Gasteiger partial charge in [0.15, 0.2) is 0 Å². The van der Waals surface area contributed by atoms with Gasteiger partial charge >= 0.3 is 6.09 Å². The number of aliphatic hydroxyl groups excluding tert-OH is 1. The van der Waals surface area contributed by atoms with E-state index >= 15 is 0 Å². The second-order valence-electron chi connectivity index (χ2n) is 7.28. The third kappa shape index (κ3) is 7.99. The molecule has 0 aromatic rings. The summed E-state index contributed by atoms with van der Waals surface area (Å²) in [6, 6.07) is 0. The van der Waals surface area contributed by atoms with Crippen LogP contribution in [0.5, 0.6) is 0 Å². The molecule has 0 saturated heterocycles. The van der Waals surface area contributed by atoms with E-state index < -0.39 is 5.60 Å². The summed E-state index contributed by atoms with van der Waals surface area (Å²) in [4.78, 5) is 11.6. The molecule has 22 heavy (non-hydrogen) atoms. The first-order chi connectivity index (χ1) is 10.3. The minimum absolute atomic E-state index is 0.0728. The van der Waals surface area contributed by atoms with Crippen molar-refractivity contribution >= 4 is 6.09 Å². The zero-order valence-electron chi connectivity index (χ0n) is 14.6. The molecule has 0 aromatic carbocycles. The number of ether oxygens (including phenoxy) is 2. The van der Waals surface area contributed by atoms with E-state index in [1.54, 1.807) is 0 Å². The lowest BCUT2D eigenvalue weighted by atomic mass is 9.83. The second-order valence-corrected chi connectivity index (χ2v) is 7.28. The summed E-state index contributed by atoms with van der Waals surface area (Å²) in [5.74, 6) is 0.531. The smallest absolute Gasteiger partial charge is 0.407 e. The van der Waals surface area contributed by atoms with E-state index in [-0.39, 0.29) is 24.9 Å². The van der Waals surface area contributed by atoms with Crippen molar-refractivity contribution in [3.63, 3.8) is 0 Å². The predicted octanol–water partition coefficient (Wildman–Crippen LogP) is 3.25. The molecule has 0 spiro atoms. The van der Waals surface area contributed by atoms with Crippen LogP contribution in [0.1, 0.15) is 66.2 Å². The molecule has 0 aromatic heterocycles. The number of alkyl carbamates (subject to hydrolysis) is 1. The molecule has 1 fully saturated rings. The van der Waals surface area contributed by atoms with Crippen LogP contribution in [0.25, 0.3) is 0 Å². The Morgan fingerprint density at radius 2 is 2.00 bits per heavy atom. The van der Waals surface area contributed by atoms with Crippen LogP contribution in [0.4, 0.5) is 4.79 Å². The van der Waals surface area contributed by atoms with Gasteiger partial charge in [0, 0.05) is 6.54 Å². The Labute approximate surface area is 134 Å². The highest BCUT2D eigenvalue weighted by Gasteiger charge is 2.26. The topological polar surface area (TPSA) is 67.8 Å². The maximum Gasteiger partial charge on any atom is 0.407 e. The lowest BCUT2D eigenvalue weighted by Crippen LogP contribution is -2.34. The Kier molecular flexibility index (Phi) is 8.18. The minimum Gasteiger partial charge on any atom is -0.444 e. The molecular weight excluding hydrogens is 282 g/mol. The Balaban J connectivity index is 2.25. The fraction of sp³-hybridized carbons (Fsp3) is 0.941. The molecule has 1 aliphatic rings. The lowest BCUT2D eigenvalue weighted by molar-refractivity contribution is -0.0720. The molecule has 5 nitrogen and oxygen atoms in total. The van der Waals surface area contributed by atoms with Gasteiger partial charge in [0.1, 0.15) is 5.60 Å². The maximum atomic E-state index is 11.6. The summed E-state index contributed by atoms with van der Waals surface area (Å²) >= 11 is 0. The molecule has 0 heterocycles. The van der Waals surface area contributed by atoms with Crippen LogP contribution in [0.15, 0.2) is 0 Å². The van der Waals surface area contributed by atoms with E-state index in [4.69, 9.17) is 14.6 Å². The number of carbonyl (C=O) groups excluding carboxylic acids is 1. The number of rotatable bonds is 7. The third-order valence-corrected chi connectivity index (χ3v) is 3.92. The first-order valence-corrected chi connectivity index (χ1v) is 8.55. The summed E-state index contributed by atoms with van der Waals surface area (Å²) in [5.41, 5.74) is -0.452. The van der Waals surface area contributed by atoms with Crippen LogP contribution in [0.2, 0.25) is 0 Å². The Morgan fingerprint density at radius 1 is 1.32 bits per heavy atom. The fourth-order valence-electron chi connectivity index (χ4n) is 2.89. The molecule has 0 radical (unpaired) electrons. The highest BCUT2D eigenvalue weighted by atomic mass is 16.6. The highest BCUT2D eigenvalue weighted by Crippen LogP contribution is 2.30. The van der Waals surface area contributed by atoms with Gasteiger partial charge in [-0.05, 0) is 59.3 Å². The molecule has 1 amide bonds. The molecule has 1 aliphatic carbocycles. The van der Waals surface area contributed by atoms with E-state index in [9.17, 15) is 4.79 Å². The Morgan fingerprint density at radius 3 is 2.64 bits per heavy atom. The number of carbonyl (C=O) groups is 1. The van der Waals surface area contributed by atoms with Gasteiger partial charge in [0.25, 0.3) is 0 Å². The van der Waals surface area contributed by atoms with Crippen molar-refractivity contribution in [1.82, 2.24) is 5.32 Å². The summed E-state index contributed by atoms with van der Waals surface area (Å²) in [5, 5.41) is 11.9. The molecule has 1 rings (SSSR count). The van der Waals surface area contributed by atoms with Gasteiger partial charge in [0.2, 0.25) is 0 Å². The van der Waals surface area contributed by atoms with E-state index in [0.717, 1.165) is 19.3 Å². The molecule has 0 aliphatic heterocycles. The molecule has 3 atom stereocenters. The number of hydrogen-bond donors (Lipinski definition) is 2. The van der Waals surface area contributed by atoms with Crippen molar-refractivity contribution in [2.75, 3.05) is 13.2 Å². The normalized spacial score (nSPS) is 23.9. The lowest BCUT2D eigenvalue weighted by Gasteiger charge is -2.33. The first-order valence-electron chi connectivity index (χ1n) is 8.55. The maximum absolute atomic E-state index is 11.6. The van der Waals surface area contributed by atoms with Crippen molar-refractivity contribution in [3.05, 3.63) is 0 Å². The van der Waals surface area contributed by atoms with Gasteiger partial charge in [-0.15, -0.1) is 0 Å². The summed E-state index contributed by atoms with van der Waals surface area (Å²) in [6.45, 7) is 8.20. The molecule has 2 unspecified atom stereocenters. The number of nitrogens with one attached hydrogen (secondary N) is 1. The minimum atomic E-state index is -0.452. The van der Waals surface area contributed by atoms with Crippen LogP contribution < -0.4 is 5.32 Å². The molecule has 0 bridgehead atoms. The van der Waals surface area contributed by atoms with Crippen molar-refractivity contribution in [3.8, 4) is 0 Å². The summed E-state index contributed by atoms with van der Waals surface area (Å²) in [6.07, 6.45) is 6.48. The van der Waals surface area contributed by atoms with Gasteiger partial charge < -0.3 is 19.9 Å². The summed E-state index contributed by atoms with van der Waals surface area (Å²) in [7, 11) is 0. The van der Waals surface area contributed by atoms with E-state index in [1.807, 2.05) is 27.7 Å². The first kappa shape index (κ1) is 19.2. The predicted molar refractivity (Wildman–Crippen MR) is 86.8 cm³/mol. The quantitative estimate of drug-likeness (QED) is 0.708. The van der Waals surface area contributed by atoms with Gasteiger partial charge in [-0.25, -0.2) is 4.79 Å². The number of amides is 1. The van der Waals surface area contributed by atoms with Crippen LogP contribution in [0.3, 0.4) is 0 Å². The zero-order valence-corrected chi connectivity index (χ0v) is 14.6. The van der Waals surface area contributed by atoms with E-state index in [1.165, 1.54) is 19.3 Å². The average molecular weight is 315 g/mol. The van der Waals surface area contributed by atoms with Crippen LogP contribution in [0, 0.1) is 5.92 Å². The number of aliphatic hydroxyl groups is 1. The fourth-order valence-corrected chi connectivity index (χ4v) is 2.89. The van der Waals surface area contributed by atoms with E-state index in [2.05, 4.69) is 5.32 Å². The van der Waals surface area contributed by atoms with Crippen molar-refractivity contribution < 1.29 is 19.4 Å². The van der Waals surface area contributed by atoms with Crippen LogP contribution in [-0.4, -0.2) is 42.2 Å². The van der Waals surface area contributed by atoms with Gasteiger partial charge in [0.05, 0.1) is 18.8 Å². The largest absolute Gasteiger partial charge is 0.444 e. The Hall–Kier alpha value is -0.810. The highest BCUT2D eigenvalue weighted by molar-refractivity contribution is 5.67. The van der Waals surface area contributed by atoms with E-state index in [0.29, 0.717) is 12.5 Å². The zero-order chi connectivity index (χ0) is 16.6. The van der Waals surface area contributed by atoms with Crippen molar-refractivity contribution in [2.24, 2.45) is 5.92 Å². The van der Waals surface area contributed by atoms with Gasteiger partial charge in [-0.2, -0.15) is 0 Å². The van der Waals surface area contributed by atoms with Gasteiger partial charge in [-0.3, -0.25) is 0 Å².